The lowest BCUT2D eigenvalue weighted by atomic mass is 9.77. The number of nitrogens with zero attached hydrogens (tertiary/aromatic N) is 1. The van der Waals surface area contributed by atoms with Crippen LogP contribution in [0.25, 0.3) is 0 Å². The van der Waals surface area contributed by atoms with Crippen molar-refractivity contribution in [1.29, 1.82) is 0 Å². The van der Waals surface area contributed by atoms with Crippen LogP contribution in [0, 0.1) is 11.8 Å². The Hall–Kier alpha value is -0.0800. The second-order valence-electron chi connectivity index (χ2n) is 4.93. The molecule has 1 heterocycles. The molecule has 1 fully saturated rings. The average molecular weight is 185 g/mol. The molecule has 0 aromatic carbocycles. The van der Waals surface area contributed by atoms with Crippen LogP contribution in [0.2, 0.25) is 0 Å². The van der Waals surface area contributed by atoms with Crippen molar-refractivity contribution in [2.75, 3.05) is 6.54 Å². The zero-order valence-corrected chi connectivity index (χ0v) is 9.49. The molecule has 0 aromatic rings. The largest absolute Gasteiger partial charge is 0.392 e. The van der Waals surface area contributed by atoms with Crippen molar-refractivity contribution >= 4 is 0 Å². The van der Waals surface area contributed by atoms with E-state index in [-0.39, 0.29) is 6.10 Å². The van der Waals surface area contributed by atoms with Gasteiger partial charge in [0.1, 0.15) is 0 Å². The molecule has 0 amide bonds. The maximum atomic E-state index is 9.67. The standard InChI is InChI=1S/C11H23NO/c1-7(2)10-6-12(8(3)4)11(10)9(5)13/h7-11,13H,6H2,1-5H3. The zero-order chi connectivity index (χ0) is 10.2. The van der Waals surface area contributed by atoms with E-state index in [4.69, 9.17) is 0 Å². The van der Waals surface area contributed by atoms with Crippen molar-refractivity contribution in [3.8, 4) is 0 Å². The molecule has 0 radical (unpaired) electrons. The Kier molecular flexibility index (Phi) is 3.36. The Balaban J connectivity index is 2.58. The van der Waals surface area contributed by atoms with Gasteiger partial charge in [0.25, 0.3) is 0 Å². The molecule has 0 saturated carbocycles. The molecule has 0 spiro atoms. The number of hydrogen-bond donors (Lipinski definition) is 1. The van der Waals surface area contributed by atoms with Crippen molar-refractivity contribution in [3.63, 3.8) is 0 Å². The predicted molar refractivity (Wildman–Crippen MR) is 55.6 cm³/mol. The van der Waals surface area contributed by atoms with Crippen molar-refractivity contribution in [2.45, 2.75) is 52.8 Å². The fourth-order valence-corrected chi connectivity index (χ4v) is 2.38. The second kappa shape index (κ2) is 3.97. The molecule has 0 aliphatic carbocycles. The Morgan fingerprint density at radius 3 is 2.00 bits per heavy atom. The van der Waals surface area contributed by atoms with Gasteiger partial charge in [0.2, 0.25) is 0 Å². The molecule has 2 heteroatoms. The molecule has 1 aliphatic rings. The first-order valence-electron chi connectivity index (χ1n) is 5.39. The van der Waals surface area contributed by atoms with E-state index in [2.05, 4.69) is 32.6 Å². The topological polar surface area (TPSA) is 23.5 Å². The highest BCUT2D eigenvalue weighted by molar-refractivity contribution is 4.97. The molecule has 3 atom stereocenters. The minimum Gasteiger partial charge on any atom is -0.392 e. The predicted octanol–water partition coefficient (Wildman–Crippen LogP) is 1.73. The lowest BCUT2D eigenvalue weighted by Crippen LogP contribution is -2.64. The summed E-state index contributed by atoms with van der Waals surface area (Å²) in [5.41, 5.74) is 0. The monoisotopic (exact) mass is 185 g/mol. The smallest absolute Gasteiger partial charge is 0.0670 e. The van der Waals surface area contributed by atoms with Gasteiger partial charge in [0, 0.05) is 18.6 Å². The van der Waals surface area contributed by atoms with E-state index in [0.717, 1.165) is 6.54 Å². The van der Waals surface area contributed by atoms with E-state index in [1.54, 1.807) is 0 Å². The van der Waals surface area contributed by atoms with Crippen molar-refractivity contribution < 1.29 is 5.11 Å². The maximum Gasteiger partial charge on any atom is 0.0670 e. The molecular weight excluding hydrogens is 162 g/mol. The van der Waals surface area contributed by atoms with E-state index in [0.29, 0.717) is 23.9 Å². The van der Waals surface area contributed by atoms with Gasteiger partial charge in [-0.3, -0.25) is 4.90 Å². The zero-order valence-electron chi connectivity index (χ0n) is 9.49. The van der Waals surface area contributed by atoms with Gasteiger partial charge in [-0.25, -0.2) is 0 Å². The van der Waals surface area contributed by atoms with Crippen molar-refractivity contribution in [3.05, 3.63) is 0 Å². The van der Waals surface area contributed by atoms with Crippen LogP contribution in [0.15, 0.2) is 0 Å². The summed E-state index contributed by atoms with van der Waals surface area (Å²) in [4.78, 5) is 2.40. The van der Waals surface area contributed by atoms with Crippen LogP contribution in [0.3, 0.4) is 0 Å². The summed E-state index contributed by atoms with van der Waals surface area (Å²) in [6.45, 7) is 12.0. The Bertz CT molecular complexity index is 151. The van der Waals surface area contributed by atoms with E-state index in [1.165, 1.54) is 0 Å². The molecule has 13 heavy (non-hydrogen) atoms. The molecule has 1 rings (SSSR count). The second-order valence-corrected chi connectivity index (χ2v) is 4.93. The summed E-state index contributed by atoms with van der Waals surface area (Å²) in [5, 5.41) is 9.67. The SMILES string of the molecule is CC(C)C1CN(C(C)C)C1C(C)O. The quantitative estimate of drug-likeness (QED) is 0.724. The van der Waals surface area contributed by atoms with Crippen LogP contribution < -0.4 is 0 Å². The van der Waals surface area contributed by atoms with Crippen LogP contribution in [0.1, 0.15) is 34.6 Å². The maximum absolute atomic E-state index is 9.67. The van der Waals surface area contributed by atoms with Gasteiger partial charge in [0.15, 0.2) is 0 Å². The molecule has 0 aromatic heterocycles. The summed E-state index contributed by atoms with van der Waals surface area (Å²) in [6.07, 6.45) is -0.191. The minimum atomic E-state index is -0.191. The van der Waals surface area contributed by atoms with E-state index in [1.807, 2.05) is 6.92 Å². The molecule has 1 N–H and O–H groups in total. The highest BCUT2D eigenvalue weighted by atomic mass is 16.3. The van der Waals surface area contributed by atoms with Gasteiger partial charge >= 0.3 is 0 Å². The van der Waals surface area contributed by atoms with E-state index in [9.17, 15) is 5.11 Å². The first kappa shape index (κ1) is 11.0. The minimum absolute atomic E-state index is 0.191. The molecule has 1 saturated heterocycles. The summed E-state index contributed by atoms with van der Waals surface area (Å²) in [7, 11) is 0. The van der Waals surface area contributed by atoms with Crippen molar-refractivity contribution in [1.82, 2.24) is 4.90 Å². The molecular formula is C11H23NO. The van der Waals surface area contributed by atoms with Crippen LogP contribution >= 0.6 is 0 Å². The first-order chi connectivity index (χ1) is 5.95. The molecule has 1 aliphatic heterocycles. The summed E-state index contributed by atoms with van der Waals surface area (Å²) in [6, 6.07) is 0.953. The Labute approximate surface area is 81.9 Å². The Morgan fingerprint density at radius 2 is 1.69 bits per heavy atom. The van der Waals surface area contributed by atoms with Gasteiger partial charge in [-0.1, -0.05) is 13.8 Å². The van der Waals surface area contributed by atoms with E-state index >= 15 is 0 Å². The number of hydrogen-bond acceptors (Lipinski definition) is 2. The van der Waals surface area contributed by atoms with Crippen LogP contribution in [-0.2, 0) is 0 Å². The lowest BCUT2D eigenvalue weighted by molar-refractivity contribution is -0.0920. The Morgan fingerprint density at radius 1 is 1.15 bits per heavy atom. The molecule has 78 valence electrons. The third-order valence-corrected chi connectivity index (χ3v) is 3.26. The fraction of sp³-hybridized carbons (Fsp3) is 1.00. The third kappa shape index (κ3) is 2.05. The third-order valence-electron chi connectivity index (χ3n) is 3.26. The number of rotatable bonds is 3. The van der Waals surface area contributed by atoms with Crippen LogP contribution in [0.5, 0.6) is 0 Å². The number of likely N-dealkylation sites (tertiary alicyclic amines) is 1. The average Bonchev–Trinajstić information content (AvgIpc) is 1.79. The van der Waals surface area contributed by atoms with E-state index < -0.39 is 0 Å². The van der Waals surface area contributed by atoms with Gasteiger partial charge in [0.05, 0.1) is 6.10 Å². The van der Waals surface area contributed by atoms with Crippen LogP contribution in [0.4, 0.5) is 0 Å². The highest BCUT2D eigenvalue weighted by Gasteiger charge is 2.43. The summed E-state index contributed by atoms with van der Waals surface area (Å²) in [5.74, 6) is 1.37. The van der Waals surface area contributed by atoms with Crippen molar-refractivity contribution in [2.24, 2.45) is 11.8 Å². The number of aliphatic hydroxyl groups excluding tert-OH is 1. The van der Waals surface area contributed by atoms with Crippen LogP contribution in [-0.4, -0.2) is 34.7 Å². The van der Waals surface area contributed by atoms with Gasteiger partial charge in [-0.15, -0.1) is 0 Å². The molecule has 2 nitrogen and oxygen atoms in total. The van der Waals surface area contributed by atoms with Gasteiger partial charge in [-0.2, -0.15) is 0 Å². The van der Waals surface area contributed by atoms with Gasteiger partial charge < -0.3 is 5.11 Å². The lowest BCUT2D eigenvalue weighted by Gasteiger charge is -2.53. The summed E-state index contributed by atoms with van der Waals surface area (Å²) < 4.78 is 0. The molecule has 3 unspecified atom stereocenters. The first-order valence-corrected chi connectivity index (χ1v) is 5.39. The van der Waals surface area contributed by atoms with Gasteiger partial charge in [-0.05, 0) is 32.6 Å². The normalized spacial score (nSPS) is 32.3. The summed E-state index contributed by atoms with van der Waals surface area (Å²) >= 11 is 0. The molecule has 0 bridgehead atoms. The fourth-order valence-electron chi connectivity index (χ4n) is 2.38. The number of aliphatic hydroxyl groups is 1. The highest BCUT2D eigenvalue weighted by Crippen LogP contribution is 2.34.